The Balaban J connectivity index is 2.48. The highest BCUT2D eigenvalue weighted by atomic mass is 16.5. The molecule has 0 amide bonds. The Hall–Kier alpha value is -1.88. The molecule has 0 aliphatic heterocycles. The van der Waals surface area contributed by atoms with E-state index in [2.05, 4.69) is 14.9 Å². The number of H-pyrrole nitrogens is 1. The van der Waals surface area contributed by atoms with Crippen LogP contribution in [0.25, 0.3) is 10.9 Å². The normalized spacial score (nSPS) is 12.7. The highest BCUT2D eigenvalue weighted by molar-refractivity contribution is 5.87. The lowest BCUT2D eigenvalue weighted by molar-refractivity contribution is -0.142. The van der Waals surface area contributed by atoms with Gasteiger partial charge in [0.25, 0.3) is 0 Å². The van der Waals surface area contributed by atoms with Gasteiger partial charge in [-0.2, -0.15) is 5.10 Å². The summed E-state index contributed by atoms with van der Waals surface area (Å²) in [5.41, 5.74) is 7.08. The molecule has 2 aromatic rings. The Morgan fingerprint density at radius 2 is 2.27 bits per heavy atom. The summed E-state index contributed by atoms with van der Waals surface area (Å²) in [6.07, 6.45) is 0. The number of rotatable bonds is 2. The third-order valence-electron chi connectivity index (χ3n) is 2.26. The fourth-order valence-electron chi connectivity index (χ4n) is 1.46. The van der Waals surface area contributed by atoms with Gasteiger partial charge in [-0.3, -0.25) is 5.10 Å². The van der Waals surface area contributed by atoms with Crippen LogP contribution < -0.4 is 5.73 Å². The van der Waals surface area contributed by atoms with Gasteiger partial charge in [-0.05, 0) is 6.07 Å². The van der Waals surface area contributed by atoms with Gasteiger partial charge < -0.3 is 10.5 Å². The van der Waals surface area contributed by atoms with Crippen molar-refractivity contribution >= 4 is 16.9 Å². The first-order valence-electron chi connectivity index (χ1n) is 4.50. The summed E-state index contributed by atoms with van der Waals surface area (Å²) >= 11 is 0. The lowest BCUT2D eigenvalue weighted by Crippen LogP contribution is -2.23. The van der Waals surface area contributed by atoms with E-state index < -0.39 is 12.0 Å². The summed E-state index contributed by atoms with van der Waals surface area (Å²) in [5, 5.41) is 7.64. The summed E-state index contributed by atoms with van der Waals surface area (Å²) in [5.74, 6) is -0.482. The van der Waals surface area contributed by atoms with Crippen molar-refractivity contribution in [2.45, 2.75) is 6.04 Å². The van der Waals surface area contributed by atoms with Crippen LogP contribution in [-0.4, -0.2) is 23.3 Å². The maximum atomic E-state index is 11.3. The lowest BCUT2D eigenvalue weighted by atomic mass is 10.1. The molecule has 5 heteroatoms. The van der Waals surface area contributed by atoms with E-state index in [1.165, 1.54) is 7.11 Å². The molecule has 3 N–H and O–H groups in total. The number of aromatic amines is 1. The number of esters is 1. The van der Waals surface area contributed by atoms with Crippen LogP contribution in [0.5, 0.6) is 0 Å². The number of hydrogen-bond acceptors (Lipinski definition) is 4. The molecule has 1 aromatic heterocycles. The number of para-hydroxylation sites is 1. The van der Waals surface area contributed by atoms with Crippen LogP contribution in [0.15, 0.2) is 24.3 Å². The number of fused-ring (bicyclic) bond motifs is 1. The first-order valence-corrected chi connectivity index (χ1v) is 4.50. The van der Waals surface area contributed by atoms with Crippen LogP contribution >= 0.6 is 0 Å². The van der Waals surface area contributed by atoms with E-state index in [0.717, 1.165) is 10.9 Å². The number of nitrogens with zero attached hydrogens (tertiary/aromatic N) is 1. The molecule has 0 spiro atoms. The van der Waals surface area contributed by atoms with Crippen LogP contribution in [0.1, 0.15) is 11.7 Å². The third kappa shape index (κ3) is 1.57. The third-order valence-corrected chi connectivity index (χ3v) is 2.26. The van der Waals surface area contributed by atoms with Crippen molar-refractivity contribution in [3.8, 4) is 0 Å². The Labute approximate surface area is 86.2 Å². The molecule has 0 radical (unpaired) electrons. The minimum absolute atomic E-state index is 0.482. The van der Waals surface area contributed by atoms with Gasteiger partial charge >= 0.3 is 5.97 Å². The van der Waals surface area contributed by atoms with Crippen molar-refractivity contribution in [2.75, 3.05) is 7.11 Å². The molecular formula is C10H11N3O2. The average Bonchev–Trinajstić information content (AvgIpc) is 2.70. The number of benzene rings is 1. The monoisotopic (exact) mass is 205 g/mol. The van der Waals surface area contributed by atoms with Gasteiger partial charge in [0.1, 0.15) is 6.04 Å². The molecule has 1 aromatic carbocycles. The summed E-state index contributed by atoms with van der Waals surface area (Å²) in [6, 6.07) is 6.63. The summed E-state index contributed by atoms with van der Waals surface area (Å²) in [6.45, 7) is 0. The fourth-order valence-corrected chi connectivity index (χ4v) is 1.46. The molecule has 0 aliphatic rings. The molecule has 0 fully saturated rings. The van der Waals surface area contributed by atoms with Crippen molar-refractivity contribution in [3.63, 3.8) is 0 Å². The SMILES string of the molecule is COC(=O)C(N)c1[nH]nc2ccccc12. The zero-order valence-corrected chi connectivity index (χ0v) is 8.23. The molecule has 0 aliphatic carbocycles. The smallest absolute Gasteiger partial charge is 0.328 e. The second-order valence-corrected chi connectivity index (χ2v) is 3.16. The largest absolute Gasteiger partial charge is 0.468 e. The van der Waals surface area contributed by atoms with Gasteiger partial charge in [0.2, 0.25) is 0 Å². The predicted molar refractivity (Wildman–Crippen MR) is 55.0 cm³/mol. The first-order chi connectivity index (χ1) is 7.24. The van der Waals surface area contributed by atoms with Gasteiger partial charge in [0.05, 0.1) is 18.3 Å². The van der Waals surface area contributed by atoms with E-state index >= 15 is 0 Å². The van der Waals surface area contributed by atoms with Gasteiger partial charge in [-0.15, -0.1) is 0 Å². The molecule has 78 valence electrons. The first kappa shape index (κ1) is 9.67. The van der Waals surface area contributed by atoms with E-state index in [9.17, 15) is 4.79 Å². The number of methoxy groups -OCH3 is 1. The van der Waals surface area contributed by atoms with E-state index in [1.54, 1.807) is 0 Å². The molecule has 0 bridgehead atoms. The Kier molecular flexibility index (Phi) is 2.39. The standard InChI is InChI=1S/C10H11N3O2/c1-15-10(14)8(11)9-6-4-2-3-5-7(6)12-13-9/h2-5,8H,11H2,1H3,(H,12,13). The molecule has 0 saturated heterocycles. The van der Waals surface area contributed by atoms with Crippen molar-refractivity contribution < 1.29 is 9.53 Å². The van der Waals surface area contributed by atoms with Crippen LogP contribution in [0.3, 0.4) is 0 Å². The fraction of sp³-hybridized carbons (Fsp3) is 0.200. The second kappa shape index (κ2) is 3.70. The predicted octanol–water partition coefficient (Wildman–Crippen LogP) is 0.736. The minimum atomic E-state index is -0.817. The molecular weight excluding hydrogens is 194 g/mol. The number of ether oxygens (including phenoxy) is 1. The van der Waals surface area contributed by atoms with Gasteiger partial charge in [0.15, 0.2) is 0 Å². The number of nitrogens with one attached hydrogen (secondary N) is 1. The topological polar surface area (TPSA) is 81.0 Å². The van der Waals surface area contributed by atoms with E-state index in [4.69, 9.17) is 5.73 Å². The van der Waals surface area contributed by atoms with Crippen LogP contribution in [0, 0.1) is 0 Å². The molecule has 1 atom stereocenters. The molecule has 5 nitrogen and oxygen atoms in total. The maximum absolute atomic E-state index is 11.3. The van der Waals surface area contributed by atoms with Crippen molar-refractivity contribution in [3.05, 3.63) is 30.0 Å². The highest BCUT2D eigenvalue weighted by Gasteiger charge is 2.20. The van der Waals surface area contributed by atoms with E-state index in [1.807, 2.05) is 24.3 Å². The quantitative estimate of drug-likeness (QED) is 0.708. The zero-order chi connectivity index (χ0) is 10.8. The Morgan fingerprint density at radius 3 is 3.00 bits per heavy atom. The number of carbonyl (C=O) groups excluding carboxylic acids is 1. The lowest BCUT2D eigenvalue weighted by Gasteiger charge is -2.06. The molecule has 15 heavy (non-hydrogen) atoms. The number of nitrogens with two attached hydrogens (primary N) is 1. The average molecular weight is 205 g/mol. The molecule has 2 rings (SSSR count). The van der Waals surface area contributed by atoms with Crippen molar-refractivity contribution in [2.24, 2.45) is 5.73 Å². The molecule has 1 unspecified atom stereocenters. The Bertz CT molecular complexity index is 492. The van der Waals surface area contributed by atoms with Crippen LogP contribution in [-0.2, 0) is 9.53 Å². The molecule has 1 heterocycles. The van der Waals surface area contributed by atoms with Gasteiger partial charge in [-0.25, -0.2) is 4.79 Å². The van der Waals surface area contributed by atoms with Crippen LogP contribution in [0.4, 0.5) is 0 Å². The summed E-state index contributed by atoms with van der Waals surface area (Å²) in [7, 11) is 1.31. The highest BCUT2D eigenvalue weighted by Crippen LogP contribution is 2.20. The minimum Gasteiger partial charge on any atom is -0.468 e. The molecule has 0 saturated carbocycles. The van der Waals surface area contributed by atoms with Crippen LogP contribution in [0.2, 0.25) is 0 Å². The second-order valence-electron chi connectivity index (χ2n) is 3.16. The number of aromatic nitrogens is 2. The maximum Gasteiger partial charge on any atom is 0.328 e. The van der Waals surface area contributed by atoms with E-state index in [0.29, 0.717) is 5.69 Å². The van der Waals surface area contributed by atoms with Crippen molar-refractivity contribution in [1.82, 2.24) is 10.2 Å². The summed E-state index contributed by atoms with van der Waals surface area (Å²) in [4.78, 5) is 11.3. The zero-order valence-electron chi connectivity index (χ0n) is 8.23. The number of hydrogen-bond donors (Lipinski definition) is 2. The Morgan fingerprint density at radius 1 is 1.53 bits per heavy atom. The number of carbonyl (C=O) groups is 1. The summed E-state index contributed by atoms with van der Waals surface area (Å²) < 4.78 is 4.57. The van der Waals surface area contributed by atoms with Crippen molar-refractivity contribution in [1.29, 1.82) is 0 Å². The van der Waals surface area contributed by atoms with E-state index in [-0.39, 0.29) is 0 Å². The van der Waals surface area contributed by atoms with Gasteiger partial charge in [-0.1, -0.05) is 18.2 Å². The van der Waals surface area contributed by atoms with Gasteiger partial charge in [0, 0.05) is 5.39 Å².